The molecule has 1 rings (SSSR count). The van der Waals surface area contributed by atoms with Crippen molar-refractivity contribution in [2.45, 2.75) is 13.8 Å². The second-order valence-electron chi connectivity index (χ2n) is 2.37. The van der Waals surface area contributed by atoms with Crippen LogP contribution in [0.25, 0.3) is 0 Å². The molecule has 0 fully saturated rings. The zero-order valence-corrected chi connectivity index (χ0v) is 7.55. The van der Waals surface area contributed by atoms with Gasteiger partial charge in [0.25, 0.3) is 0 Å². The molecule has 0 saturated heterocycles. The number of aryl methyl sites for hydroxylation is 1. The maximum atomic E-state index is 10.5. The lowest BCUT2D eigenvalue weighted by Gasteiger charge is -2.01. The van der Waals surface area contributed by atoms with Crippen molar-refractivity contribution < 1.29 is 9.53 Å². The van der Waals surface area contributed by atoms with Crippen LogP contribution in [0.3, 0.4) is 0 Å². The van der Waals surface area contributed by atoms with Crippen LogP contribution < -0.4 is 4.74 Å². The first-order chi connectivity index (χ1) is 5.59. The summed E-state index contributed by atoms with van der Waals surface area (Å²) in [7, 11) is 0. The molecule has 0 atom stereocenters. The number of hydrogen-bond acceptors (Lipinski definition) is 3. The van der Waals surface area contributed by atoms with Crippen molar-refractivity contribution in [3.63, 3.8) is 0 Å². The van der Waals surface area contributed by atoms with Crippen LogP contribution >= 0.6 is 11.6 Å². The summed E-state index contributed by atoms with van der Waals surface area (Å²) in [6.07, 6.45) is 1.41. The van der Waals surface area contributed by atoms with Crippen LogP contribution in [0, 0.1) is 6.92 Å². The number of pyridine rings is 1. The van der Waals surface area contributed by atoms with Gasteiger partial charge in [-0.2, -0.15) is 0 Å². The van der Waals surface area contributed by atoms with Crippen molar-refractivity contribution in [2.75, 3.05) is 0 Å². The van der Waals surface area contributed by atoms with Gasteiger partial charge in [-0.1, -0.05) is 11.6 Å². The van der Waals surface area contributed by atoms with E-state index in [9.17, 15) is 4.79 Å². The third kappa shape index (κ3) is 2.20. The Kier molecular flexibility index (Phi) is 2.65. The molecule has 0 aliphatic rings. The van der Waals surface area contributed by atoms with Gasteiger partial charge in [0.05, 0.1) is 6.20 Å². The number of hydrogen-bond donors (Lipinski definition) is 0. The Morgan fingerprint density at radius 2 is 2.33 bits per heavy atom. The van der Waals surface area contributed by atoms with Gasteiger partial charge in [-0.25, -0.2) is 4.98 Å². The highest BCUT2D eigenvalue weighted by Crippen LogP contribution is 2.17. The van der Waals surface area contributed by atoms with Crippen LogP contribution in [0.15, 0.2) is 12.3 Å². The zero-order valence-electron chi connectivity index (χ0n) is 6.80. The van der Waals surface area contributed by atoms with E-state index in [1.54, 1.807) is 13.0 Å². The second kappa shape index (κ2) is 3.54. The minimum absolute atomic E-state index is 0.362. The van der Waals surface area contributed by atoms with Crippen molar-refractivity contribution in [1.29, 1.82) is 0 Å². The van der Waals surface area contributed by atoms with Gasteiger partial charge in [-0.15, -0.1) is 0 Å². The average Bonchev–Trinajstić information content (AvgIpc) is 1.96. The second-order valence-corrected chi connectivity index (χ2v) is 2.73. The Bertz CT molecular complexity index is 312. The molecule has 0 aliphatic carbocycles. The molecule has 0 N–H and O–H groups in total. The standard InChI is InChI=1S/C8H8ClNO2/c1-5-3-7(12-6(2)11)4-10-8(5)9/h3-4H,1-2H3. The highest BCUT2D eigenvalue weighted by molar-refractivity contribution is 6.30. The van der Waals surface area contributed by atoms with Gasteiger partial charge in [0.2, 0.25) is 0 Å². The first kappa shape index (κ1) is 9.00. The predicted octanol–water partition coefficient (Wildman–Crippen LogP) is 1.97. The van der Waals surface area contributed by atoms with Gasteiger partial charge in [-0.3, -0.25) is 4.79 Å². The molecular formula is C8H8ClNO2. The van der Waals surface area contributed by atoms with E-state index in [0.29, 0.717) is 10.9 Å². The molecule has 0 spiro atoms. The van der Waals surface area contributed by atoms with Crippen molar-refractivity contribution in [3.8, 4) is 5.75 Å². The van der Waals surface area contributed by atoms with Crippen molar-refractivity contribution in [1.82, 2.24) is 4.98 Å². The van der Waals surface area contributed by atoms with E-state index in [1.807, 2.05) is 0 Å². The van der Waals surface area contributed by atoms with Gasteiger partial charge in [0.15, 0.2) is 0 Å². The fourth-order valence-electron chi connectivity index (χ4n) is 0.754. The lowest BCUT2D eigenvalue weighted by atomic mass is 10.3. The van der Waals surface area contributed by atoms with Crippen LogP contribution in [0.5, 0.6) is 5.75 Å². The molecule has 1 aromatic rings. The molecule has 0 radical (unpaired) electrons. The maximum absolute atomic E-state index is 10.5. The van der Waals surface area contributed by atoms with Gasteiger partial charge in [0.1, 0.15) is 10.9 Å². The summed E-state index contributed by atoms with van der Waals surface area (Å²) < 4.78 is 4.79. The first-order valence-corrected chi connectivity index (χ1v) is 3.78. The molecule has 0 amide bonds. The Hall–Kier alpha value is -1.09. The topological polar surface area (TPSA) is 39.2 Å². The lowest BCUT2D eigenvalue weighted by Crippen LogP contribution is -2.01. The van der Waals surface area contributed by atoms with E-state index >= 15 is 0 Å². The molecule has 1 aromatic heterocycles. The van der Waals surface area contributed by atoms with Crippen LogP contribution in [0.2, 0.25) is 5.15 Å². The summed E-state index contributed by atoms with van der Waals surface area (Å²) in [6.45, 7) is 3.13. The molecule has 0 bridgehead atoms. The Morgan fingerprint density at radius 3 is 2.83 bits per heavy atom. The molecule has 0 aromatic carbocycles. The SMILES string of the molecule is CC(=O)Oc1cnc(Cl)c(C)c1. The van der Waals surface area contributed by atoms with E-state index in [4.69, 9.17) is 16.3 Å². The molecular weight excluding hydrogens is 178 g/mol. The minimum atomic E-state index is -0.362. The highest BCUT2D eigenvalue weighted by Gasteiger charge is 2.01. The summed E-state index contributed by atoms with van der Waals surface area (Å²) in [6, 6.07) is 1.66. The summed E-state index contributed by atoms with van der Waals surface area (Å²) >= 11 is 5.67. The average molecular weight is 186 g/mol. The summed E-state index contributed by atoms with van der Waals surface area (Å²) in [5, 5.41) is 0.422. The smallest absolute Gasteiger partial charge is 0.308 e. The van der Waals surface area contributed by atoms with Gasteiger partial charge in [-0.05, 0) is 18.6 Å². The minimum Gasteiger partial charge on any atom is -0.425 e. The van der Waals surface area contributed by atoms with E-state index in [0.717, 1.165) is 5.56 Å². The number of halogens is 1. The quantitative estimate of drug-likeness (QED) is 0.496. The van der Waals surface area contributed by atoms with E-state index in [1.165, 1.54) is 13.1 Å². The highest BCUT2D eigenvalue weighted by atomic mass is 35.5. The van der Waals surface area contributed by atoms with Crippen LogP contribution in [0.1, 0.15) is 12.5 Å². The number of nitrogens with zero attached hydrogens (tertiary/aromatic N) is 1. The van der Waals surface area contributed by atoms with E-state index in [-0.39, 0.29) is 5.97 Å². The molecule has 64 valence electrons. The van der Waals surface area contributed by atoms with Crippen LogP contribution in [-0.2, 0) is 4.79 Å². The molecule has 0 aliphatic heterocycles. The Labute approximate surface area is 75.3 Å². The number of aromatic nitrogens is 1. The number of ether oxygens (including phenoxy) is 1. The molecule has 3 nitrogen and oxygen atoms in total. The van der Waals surface area contributed by atoms with Crippen LogP contribution in [0.4, 0.5) is 0 Å². The van der Waals surface area contributed by atoms with Crippen molar-refractivity contribution in [2.24, 2.45) is 0 Å². The fourth-order valence-corrected chi connectivity index (χ4v) is 0.857. The van der Waals surface area contributed by atoms with Crippen LogP contribution in [-0.4, -0.2) is 11.0 Å². The third-order valence-corrected chi connectivity index (χ3v) is 1.65. The van der Waals surface area contributed by atoms with Gasteiger partial charge in [0, 0.05) is 6.92 Å². The fraction of sp³-hybridized carbons (Fsp3) is 0.250. The summed E-state index contributed by atoms with van der Waals surface area (Å²) in [5.41, 5.74) is 0.787. The van der Waals surface area contributed by atoms with E-state index < -0.39 is 0 Å². The Morgan fingerprint density at radius 1 is 1.67 bits per heavy atom. The monoisotopic (exact) mass is 185 g/mol. The summed E-state index contributed by atoms with van der Waals surface area (Å²) in [4.78, 5) is 14.3. The van der Waals surface area contributed by atoms with Gasteiger partial charge < -0.3 is 4.74 Å². The zero-order chi connectivity index (χ0) is 9.14. The summed E-state index contributed by atoms with van der Waals surface area (Å²) in [5.74, 6) is 0.0583. The Balaban J connectivity index is 2.89. The maximum Gasteiger partial charge on any atom is 0.308 e. The number of carbonyl (C=O) groups excluding carboxylic acids is 1. The number of rotatable bonds is 1. The lowest BCUT2D eigenvalue weighted by molar-refractivity contribution is -0.131. The largest absolute Gasteiger partial charge is 0.425 e. The van der Waals surface area contributed by atoms with E-state index in [2.05, 4.69) is 4.98 Å². The third-order valence-electron chi connectivity index (χ3n) is 1.25. The van der Waals surface area contributed by atoms with Crippen molar-refractivity contribution >= 4 is 17.6 Å². The first-order valence-electron chi connectivity index (χ1n) is 3.40. The molecule has 12 heavy (non-hydrogen) atoms. The normalized spacial score (nSPS) is 9.58. The number of carbonyl (C=O) groups is 1. The van der Waals surface area contributed by atoms with Crippen molar-refractivity contribution in [3.05, 3.63) is 23.0 Å². The predicted molar refractivity (Wildman–Crippen MR) is 45.3 cm³/mol. The van der Waals surface area contributed by atoms with Gasteiger partial charge >= 0.3 is 5.97 Å². The molecule has 1 heterocycles. The molecule has 0 saturated carbocycles. The number of esters is 1. The molecule has 0 unspecified atom stereocenters. The molecule has 4 heteroatoms.